The van der Waals surface area contributed by atoms with Crippen LogP contribution in [0.15, 0.2) is 59.6 Å². The van der Waals surface area contributed by atoms with E-state index in [0.29, 0.717) is 34.7 Å². The van der Waals surface area contributed by atoms with Gasteiger partial charge in [0.15, 0.2) is 21.4 Å². The van der Waals surface area contributed by atoms with Gasteiger partial charge in [0.2, 0.25) is 0 Å². The minimum absolute atomic E-state index is 0.143. The van der Waals surface area contributed by atoms with Gasteiger partial charge in [0, 0.05) is 29.8 Å². The number of rotatable bonds is 6. The number of halogens is 4. The lowest BCUT2D eigenvalue weighted by molar-refractivity contribution is -0.139. The lowest BCUT2D eigenvalue weighted by Gasteiger charge is -2.17. The predicted octanol–water partition coefficient (Wildman–Crippen LogP) is 5.13. The molecule has 180 valence electrons. The van der Waals surface area contributed by atoms with E-state index in [0.717, 1.165) is 6.07 Å². The molecule has 0 bridgehead atoms. The van der Waals surface area contributed by atoms with Crippen LogP contribution >= 0.6 is 11.6 Å². The molecular formula is C22H19ClF3N3O4S. The van der Waals surface area contributed by atoms with E-state index in [4.69, 9.17) is 22.1 Å². The Morgan fingerprint density at radius 3 is 2.53 bits per heavy atom. The molecule has 12 heteroatoms. The number of amides is 1. The molecule has 0 aliphatic rings. The van der Waals surface area contributed by atoms with Gasteiger partial charge in [-0.3, -0.25) is 4.79 Å². The van der Waals surface area contributed by atoms with Gasteiger partial charge in [-0.1, -0.05) is 23.7 Å². The number of nitrogen functional groups attached to an aromatic ring is 1. The van der Waals surface area contributed by atoms with Crippen LogP contribution in [-0.2, 0) is 16.0 Å². The highest BCUT2D eigenvalue weighted by molar-refractivity contribution is 7.90. The maximum atomic E-state index is 13.2. The molecule has 0 saturated carbocycles. The molecule has 3 aromatic rings. The third-order valence-corrected chi connectivity index (χ3v) is 6.06. The quantitative estimate of drug-likeness (QED) is 0.472. The van der Waals surface area contributed by atoms with Gasteiger partial charge in [0.25, 0.3) is 5.91 Å². The molecule has 1 atom stereocenters. The van der Waals surface area contributed by atoms with E-state index >= 15 is 0 Å². The fourth-order valence-electron chi connectivity index (χ4n) is 3.06. The van der Waals surface area contributed by atoms with Crippen molar-refractivity contribution in [3.8, 4) is 5.75 Å². The third-order valence-electron chi connectivity index (χ3n) is 4.71. The average molecular weight is 514 g/mol. The van der Waals surface area contributed by atoms with Gasteiger partial charge in [0.05, 0.1) is 15.5 Å². The van der Waals surface area contributed by atoms with Crippen LogP contribution in [0.4, 0.5) is 24.7 Å². The summed E-state index contributed by atoms with van der Waals surface area (Å²) >= 11 is 5.92. The van der Waals surface area contributed by atoms with Crippen molar-refractivity contribution in [1.29, 1.82) is 0 Å². The smallest absolute Gasteiger partial charge is 0.417 e. The molecule has 0 aliphatic heterocycles. The topological polar surface area (TPSA) is 111 Å². The van der Waals surface area contributed by atoms with Crippen molar-refractivity contribution in [3.63, 3.8) is 0 Å². The fraction of sp³-hybridized carbons (Fsp3) is 0.182. The molecule has 7 nitrogen and oxygen atoms in total. The summed E-state index contributed by atoms with van der Waals surface area (Å²) in [6, 6.07) is 10.2. The molecule has 1 amide bonds. The number of alkyl halides is 3. The molecule has 3 N–H and O–H groups in total. The summed E-state index contributed by atoms with van der Waals surface area (Å²) in [4.78, 5) is 15.6. The molecule has 1 aromatic heterocycles. The Labute approximate surface area is 198 Å². The zero-order valence-electron chi connectivity index (χ0n) is 17.9. The highest BCUT2D eigenvalue weighted by Crippen LogP contribution is 2.35. The van der Waals surface area contributed by atoms with Crippen LogP contribution in [-0.4, -0.2) is 25.6 Å². The van der Waals surface area contributed by atoms with Crippen LogP contribution in [0.3, 0.4) is 0 Å². The second kappa shape index (κ2) is 9.51. The Morgan fingerprint density at radius 2 is 1.88 bits per heavy atom. The maximum absolute atomic E-state index is 13.2. The van der Waals surface area contributed by atoms with Crippen molar-refractivity contribution in [2.75, 3.05) is 17.3 Å². The van der Waals surface area contributed by atoms with Crippen LogP contribution in [0.5, 0.6) is 5.75 Å². The molecule has 0 fully saturated rings. The van der Waals surface area contributed by atoms with E-state index in [9.17, 15) is 26.4 Å². The number of hydrogen-bond donors (Lipinski definition) is 2. The van der Waals surface area contributed by atoms with Gasteiger partial charge in [-0.2, -0.15) is 13.2 Å². The number of benzene rings is 2. The Hall–Kier alpha value is -3.31. The summed E-state index contributed by atoms with van der Waals surface area (Å²) < 4.78 is 69.1. The van der Waals surface area contributed by atoms with Gasteiger partial charge in [0.1, 0.15) is 6.10 Å². The fourth-order valence-corrected chi connectivity index (χ4v) is 4.13. The third kappa shape index (κ3) is 5.97. The lowest BCUT2D eigenvalue weighted by atomic mass is 10.1. The zero-order valence-corrected chi connectivity index (χ0v) is 19.4. The Balaban J connectivity index is 1.83. The van der Waals surface area contributed by atoms with E-state index < -0.39 is 38.5 Å². The van der Waals surface area contributed by atoms with Crippen molar-refractivity contribution in [1.82, 2.24) is 4.98 Å². The first-order valence-electron chi connectivity index (χ1n) is 9.66. The SMILES string of the molecule is CC(Oc1cc(Cl)cnc1N)c1cccc(NC(=O)c2ccc(C(F)(F)F)c(S(C)(=O)=O)c2)c1. The molecule has 1 unspecified atom stereocenters. The Kier molecular flexibility index (Phi) is 7.08. The van der Waals surface area contributed by atoms with E-state index in [1.807, 2.05) is 0 Å². The summed E-state index contributed by atoms with van der Waals surface area (Å²) in [7, 11) is -4.24. The second-order valence-corrected chi connectivity index (χ2v) is 9.78. The average Bonchev–Trinajstić information content (AvgIpc) is 2.74. The molecular weight excluding hydrogens is 495 g/mol. The maximum Gasteiger partial charge on any atom is 0.417 e. The molecule has 34 heavy (non-hydrogen) atoms. The van der Waals surface area contributed by atoms with Crippen LogP contribution in [0.25, 0.3) is 0 Å². The number of nitrogens with two attached hydrogens (primary N) is 1. The number of nitrogens with zero attached hydrogens (tertiary/aromatic N) is 1. The molecule has 0 saturated heterocycles. The summed E-state index contributed by atoms with van der Waals surface area (Å²) in [5, 5.41) is 2.88. The standard InChI is InChI=1S/C22H19ClF3N3O4S/c1-12(33-18-10-15(23)11-28-20(18)27)13-4-3-5-16(8-13)29-21(30)14-6-7-17(22(24,25)26)19(9-14)34(2,31)32/h3-12H,1-2H3,(H2,27,28)(H,29,30). The molecule has 2 aromatic carbocycles. The van der Waals surface area contributed by atoms with E-state index in [-0.39, 0.29) is 17.1 Å². The number of nitrogens with one attached hydrogen (secondary N) is 1. The van der Waals surface area contributed by atoms with Crippen LogP contribution in [0.2, 0.25) is 5.02 Å². The molecule has 1 heterocycles. The van der Waals surface area contributed by atoms with Crippen molar-refractivity contribution in [2.45, 2.75) is 24.1 Å². The summed E-state index contributed by atoms with van der Waals surface area (Å²) in [6.07, 6.45) is -3.39. The normalized spacial score (nSPS) is 12.8. The van der Waals surface area contributed by atoms with E-state index in [2.05, 4.69) is 10.3 Å². The first-order chi connectivity index (χ1) is 15.8. The number of aromatic nitrogens is 1. The minimum atomic E-state index is -4.89. The first kappa shape index (κ1) is 25.3. The van der Waals surface area contributed by atoms with Gasteiger partial charge < -0.3 is 15.8 Å². The molecule has 3 rings (SSSR count). The predicted molar refractivity (Wildman–Crippen MR) is 122 cm³/mol. The summed E-state index contributed by atoms with van der Waals surface area (Å²) in [5.41, 5.74) is 5.16. The van der Waals surface area contributed by atoms with E-state index in [1.54, 1.807) is 31.2 Å². The van der Waals surface area contributed by atoms with Crippen LogP contribution in [0.1, 0.15) is 34.5 Å². The number of pyridine rings is 1. The molecule has 0 radical (unpaired) electrons. The number of anilines is 2. The summed E-state index contributed by atoms with van der Waals surface area (Å²) in [5.74, 6) is -0.371. The number of carbonyl (C=O) groups excluding carboxylic acids is 1. The van der Waals surface area contributed by atoms with Crippen molar-refractivity contribution >= 4 is 38.9 Å². The van der Waals surface area contributed by atoms with Crippen molar-refractivity contribution in [3.05, 3.63) is 76.4 Å². The van der Waals surface area contributed by atoms with Crippen LogP contribution < -0.4 is 15.8 Å². The number of hydrogen-bond acceptors (Lipinski definition) is 6. The Morgan fingerprint density at radius 1 is 1.18 bits per heavy atom. The first-order valence-corrected chi connectivity index (χ1v) is 11.9. The van der Waals surface area contributed by atoms with E-state index in [1.165, 1.54) is 12.3 Å². The largest absolute Gasteiger partial charge is 0.482 e. The highest BCUT2D eigenvalue weighted by Gasteiger charge is 2.36. The molecule has 0 aliphatic carbocycles. The minimum Gasteiger partial charge on any atom is -0.482 e. The summed E-state index contributed by atoms with van der Waals surface area (Å²) in [6.45, 7) is 1.73. The molecule has 0 spiro atoms. The number of ether oxygens (including phenoxy) is 1. The zero-order chi connectivity index (χ0) is 25.3. The number of carbonyl (C=O) groups is 1. The lowest BCUT2D eigenvalue weighted by Crippen LogP contribution is -2.17. The van der Waals surface area contributed by atoms with Crippen molar-refractivity contribution < 1.29 is 31.1 Å². The van der Waals surface area contributed by atoms with Gasteiger partial charge >= 0.3 is 6.18 Å². The Bertz CT molecular complexity index is 1350. The van der Waals surface area contributed by atoms with Gasteiger partial charge in [-0.15, -0.1) is 0 Å². The number of sulfone groups is 1. The van der Waals surface area contributed by atoms with Crippen molar-refractivity contribution in [2.24, 2.45) is 0 Å². The van der Waals surface area contributed by atoms with Gasteiger partial charge in [-0.05, 0) is 42.8 Å². The monoisotopic (exact) mass is 513 g/mol. The van der Waals surface area contributed by atoms with Gasteiger partial charge in [-0.25, -0.2) is 13.4 Å². The van der Waals surface area contributed by atoms with Crippen LogP contribution in [0, 0.1) is 0 Å². The second-order valence-electron chi connectivity index (χ2n) is 7.36. The highest BCUT2D eigenvalue weighted by atomic mass is 35.5.